The van der Waals surface area contributed by atoms with Crippen molar-refractivity contribution in [1.82, 2.24) is 4.90 Å². The first kappa shape index (κ1) is 17.8. The first-order valence-corrected chi connectivity index (χ1v) is 7.42. The fourth-order valence-electron chi connectivity index (χ4n) is 2.67. The fraction of sp³-hybridized carbons (Fsp3) is 0.562. The minimum atomic E-state index is -0.349. The average Bonchev–Trinajstić information content (AvgIpc) is 2.47. The zero-order valence-electron chi connectivity index (χ0n) is 12.9. The third-order valence-electron chi connectivity index (χ3n) is 3.76. The van der Waals surface area contributed by atoms with Crippen LogP contribution in [0.5, 0.6) is 0 Å². The van der Waals surface area contributed by atoms with E-state index in [2.05, 4.69) is 30.9 Å². The van der Waals surface area contributed by atoms with Crippen molar-refractivity contribution in [2.45, 2.75) is 26.3 Å². The van der Waals surface area contributed by atoms with Gasteiger partial charge in [-0.15, -0.1) is 12.4 Å². The number of rotatable bonds is 4. The van der Waals surface area contributed by atoms with Crippen molar-refractivity contribution in [3.05, 3.63) is 30.3 Å². The van der Waals surface area contributed by atoms with Crippen molar-refractivity contribution in [3.8, 4) is 0 Å². The van der Waals surface area contributed by atoms with Gasteiger partial charge in [-0.2, -0.15) is 0 Å². The molecule has 5 heteroatoms. The van der Waals surface area contributed by atoms with Crippen LogP contribution in [0.25, 0.3) is 0 Å². The number of carbonyl (C=O) groups is 1. The first-order chi connectivity index (χ1) is 9.58. The summed E-state index contributed by atoms with van der Waals surface area (Å²) in [4.78, 5) is 16.5. The molecule has 1 heterocycles. The largest absolute Gasteiger partial charge is 0.368 e. The summed E-state index contributed by atoms with van der Waals surface area (Å²) in [5, 5.41) is 0. The second-order valence-electron chi connectivity index (χ2n) is 5.88. The molecule has 4 nitrogen and oxygen atoms in total. The smallest absolute Gasteiger partial charge is 0.239 e. The highest BCUT2D eigenvalue weighted by atomic mass is 35.5. The van der Waals surface area contributed by atoms with Gasteiger partial charge >= 0.3 is 0 Å². The molecule has 21 heavy (non-hydrogen) atoms. The number of piperazine rings is 1. The molecule has 0 aromatic heterocycles. The topological polar surface area (TPSA) is 49.6 Å². The van der Waals surface area contributed by atoms with E-state index in [1.807, 2.05) is 23.1 Å². The normalized spacial score (nSPS) is 16.6. The molecular weight excluding hydrogens is 286 g/mol. The molecule has 0 spiro atoms. The summed E-state index contributed by atoms with van der Waals surface area (Å²) in [6.07, 6.45) is 0.762. The van der Waals surface area contributed by atoms with Crippen LogP contribution in [0.15, 0.2) is 30.3 Å². The van der Waals surface area contributed by atoms with Gasteiger partial charge < -0.3 is 15.5 Å². The minimum absolute atomic E-state index is 0. The maximum absolute atomic E-state index is 12.3. The van der Waals surface area contributed by atoms with E-state index in [-0.39, 0.29) is 24.4 Å². The number of hydrogen-bond donors (Lipinski definition) is 1. The Morgan fingerprint density at radius 3 is 2.24 bits per heavy atom. The predicted molar refractivity (Wildman–Crippen MR) is 89.9 cm³/mol. The fourth-order valence-corrected chi connectivity index (χ4v) is 2.67. The number of para-hydroxylation sites is 1. The maximum atomic E-state index is 12.3. The van der Waals surface area contributed by atoms with E-state index in [0.717, 1.165) is 32.6 Å². The highest BCUT2D eigenvalue weighted by Gasteiger charge is 2.25. The number of anilines is 1. The van der Waals surface area contributed by atoms with Crippen LogP contribution in [0.1, 0.15) is 20.3 Å². The van der Waals surface area contributed by atoms with Crippen LogP contribution in [0.4, 0.5) is 5.69 Å². The predicted octanol–water partition coefficient (Wildman–Crippen LogP) is 2.13. The van der Waals surface area contributed by atoms with Gasteiger partial charge in [0.15, 0.2) is 0 Å². The molecule has 0 aliphatic carbocycles. The van der Waals surface area contributed by atoms with Gasteiger partial charge in [0.2, 0.25) is 5.91 Å². The Morgan fingerprint density at radius 1 is 1.14 bits per heavy atom. The second kappa shape index (κ2) is 8.25. The van der Waals surface area contributed by atoms with Crippen LogP contribution in [-0.2, 0) is 4.79 Å². The Labute approximate surface area is 133 Å². The van der Waals surface area contributed by atoms with E-state index in [1.165, 1.54) is 5.69 Å². The molecular formula is C16H26ClN3O. The van der Waals surface area contributed by atoms with Crippen LogP contribution in [0.2, 0.25) is 0 Å². The quantitative estimate of drug-likeness (QED) is 0.926. The highest BCUT2D eigenvalue weighted by molar-refractivity contribution is 5.85. The summed E-state index contributed by atoms with van der Waals surface area (Å²) in [6.45, 7) is 7.48. The van der Waals surface area contributed by atoms with Crippen LogP contribution < -0.4 is 10.6 Å². The van der Waals surface area contributed by atoms with Crippen LogP contribution in [0, 0.1) is 5.92 Å². The summed E-state index contributed by atoms with van der Waals surface area (Å²) >= 11 is 0. The number of hydrogen-bond acceptors (Lipinski definition) is 3. The molecule has 2 rings (SSSR count). The number of benzene rings is 1. The van der Waals surface area contributed by atoms with E-state index in [1.54, 1.807) is 0 Å². The van der Waals surface area contributed by atoms with Gasteiger partial charge in [-0.3, -0.25) is 4.79 Å². The lowest BCUT2D eigenvalue weighted by atomic mass is 10.0. The highest BCUT2D eigenvalue weighted by Crippen LogP contribution is 2.16. The van der Waals surface area contributed by atoms with Crippen molar-refractivity contribution in [3.63, 3.8) is 0 Å². The monoisotopic (exact) mass is 311 g/mol. The standard InChI is InChI=1S/C16H25N3O.ClH/c1-13(2)12-15(17)16(20)19-10-8-18(9-11-19)14-6-4-3-5-7-14;/h3-7,13,15H,8-12,17H2,1-2H3;1H. The van der Waals surface area contributed by atoms with Gasteiger partial charge in [-0.1, -0.05) is 32.0 Å². The van der Waals surface area contributed by atoms with Crippen LogP contribution in [-0.4, -0.2) is 43.0 Å². The molecule has 1 aliphatic heterocycles. The number of carbonyl (C=O) groups excluding carboxylic acids is 1. The Hall–Kier alpha value is -1.26. The third kappa shape index (κ3) is 4.90. The average molecular weight is 312 g/mol. The molecule has 1 saturated heterocycles. The molecule has 1 aromatic rings. The molecule has 0 radical (unpaired) electrons. The SMILES string of the molecule is CC(C)CC(N)C(=O)N1CCN(c2ccccc2)CC1.Cl. The number of halogens is 1. The Balaban J connectivity index is 0.00000220. The number of nitrogens with zero attached hydrogens (tertiary/aromatic N) is 2. The summed E-state index contributed by atoms with van der Waals surface area (Å²) in [6, 6.07) is 9.99. The van der Waals surface area contributed by atoms with Crippen molar-refractivity contribution < 1.29 is 4.79 Å². The molecule has 1 aromatic carbocycles. The van der Waals surface area contributed by atoms with E-state index >= 15 is 0 Å². The van der Waals surface area contributed by atoms with Crippen LogP contribution >= 0.6 is 12.4 Å². The maximum Gasteiger partial charge on any atom is 0.239 e. The van der Waals surface area contributed by atoms with Crippen molar-refractivity contribution in [1.29, 1.82) is 0 Å². The van der Waals surface area contributed by atoms with Crippen molar-refractivity contribution in [2.24, 2.45) is 11.7 Å². The third-order valence-corrected chi connectivity index (χ3v) is 3.76. The molecule has 0 saturated carbocycles. The van der Waals surface area contributed by atoms with Gasteiger partial charge in [0.05, 0.1) is 6.04 Å². The van der Waals surface area contributed by atoms with Gasteiger partial charge in [-0.25, -0.2) is 0 Å². The lowest BCUT2D eigenvalue weighted by Crippen LogP contribution is -2.53. The lowest BCUT2D eigenvalue weighted by Gasteiger charge is -2.37. The van der Waals surface area contributed by atoms with Gasteiger partial charge in [0.1, 0.15) is 0 Å². The minimum Gasteiger partial charge on any atom is -0.368 e. The van der Waals surface area contributed by atoms with E-state index in [9.17, 15) is 4.79 Å². The van der Waals surface area contributed by atoms with E-state index in [4.69, 9.17) is 5.73 Å². The van der Waals surface area contributed by atoms with E-state index < -0.39 is 0 Å². The molecule has 1 aliphatic rings. The van der Waals surface area contributed by atoms with E-state index in [0.29, 0.717) is 5.92 Å². The van der Waals surface area contributed by atoms with Gasteiger partial charge in [-0.05, 0) is 24.5 Å². The molecule has 118 valence electrons. The Kier molecular flexibility index (Phi) is 6.99. The number of amides is 1. The summed E-state index contributed by atoms with van der Waals surface area (Å²) in [7, 11) is 0. The van der Waals surface area contributed by atoms with Crippen molar-refractivity contribution in [2.75, 3.05) is 31.1 Å². The molecule has 1 atom stereocenters. The van der Waals surface area contributed by atoms with Crippen molar-refractivity contribution >= 4 is 24.0 Å². The lowest BCUT2D eigenvalue weighted by molar-refractivity contribution is -0.133. The molecule has 1 fully saturated rings. The molecule has 1 amide bonds. The van der Waals surface area contributed by atoms with Gasteiger partial charge in [0.25, 0.3) is 0 Å². The Bertz CT molecular complexity index is 430. The molecule has 0 bridgehead atoms. The van der Waals surface area contributed by atoms with Gasteiger partial charge in [0, 0.05) is 31.9 Å². The zero-order valence-corrected chi connectivity index (χ0v) is 13.7. The van der Waals surface area contributed by atoms with Crippen LogP contribution in [0.3, 0.4) is 0 Å². The summed E-state index contributed by atoms with van der Waals surface area (Å²) in [5.41, 5.74) is 7.22. The number of nitrogens with two attached hydrogens (primary N) is 1. The summed E-state index contributed by atoms with van der Waals surface area (Å²) in [5.74, 6) is 0.561. The zero-order chi connectivity index (χ0) is 14.5. The summed E-state index contributed by atoms with van der Waals surface area (Å²) < 4.78 is 0. The second-order valence-corrected chi connectivity index (χ2v) is 5.88. The first-order valence-electron chi connectivity index (χ1n) is 7.42. The molecule has 2 N–H and O–H groups in total. The Morgan fingerprint density at radius 2 is 1.71 bits per heavy atom. The molecule has 1 unspecified atom stereocenters.